The van der Waals surface area contributed by atoms with E-state index in [1.165, 1.54) is 0 Å². The number of aliphatic hydroxyl groups is 1. The Morgan fingerprint density at radius 2 is 1.94 bits per heavy atom. The van der Waals surface area contributed by atoms with Crippen LogP contribution >= 0.6 is 0 Å². The first-order valence-corrected chi connectivity index (χ1v) is 5.89. The van der Waals surface area contributed by atoms with E-state index in [9.17, 15) is 5.11 Å². The van der Waals surface area contributed by atoms with Gasteiger partial charge in [-0.15, -0.1) is 0 Å². The van der Waals surface area contributed by atoms with Crippen LogP contribution in [0.15, 0.2) is 24.3 Å². The van der Waals surface area contributed by atoms with Gasteiger partial charge in [0.25, 0.3) is 0 Å². The molecule has 2 rings (SSSR count). The van der Waals surface area contributed by atoms with Crippen LogP contribution in [-0.2, 0) is 0 Å². The number of nitrogens with two attached hydrogens (primary N) is 1. The zero-order valence-electron chi connectivity index (χ0n) is 9.93. The van der Waals surface area contributed by atoms with Crippen molar-refractivity contribution in [2.75, 3.05) is 12.3 Å². The molecule has 1 heterocycles. The second-order valence-electron chi connectivity index (χ2n) is 4.80. The van der Waals surface area contributed by atoms with Crippen molar-refractivity contribution < 1.29 is 5.11 Å². The van der Waals surface area contributed by atoms with Crippen LogP contribution in [0.1, 0.15) is 31.9 Å². The lowest BCUT2D eigenvalue weighted by molar-refractivity contribution is 0.101. The van der Waals surface area contributed by atoms with Crippen molar-refractivity contribution in [3.05, 3.63) is 29.8 Å². The molecular formula is C13H20N2O. The molecule has 1 aromatic carbocycles. The van der Waals surface area contributed by atoms with Crippen LogP contribution in [0.5, 0.6) is 0 Å². The van der Waals surface area contributed by atoms with Gasteiger partial charge in [0.1, 0.15) is 0 Å². The standard InChI is InChI=1S/C13H20N2O/c1-9(2)15-8-7-12(16)13(15)10-3-5-11(14)6-4-10/h3-6,9,12-13,16H,7-8,14H2,1-2H3. The molecule has 88 valence electrons. The van der Waals surface area contributed by atoms with E-state index < -0.39 is 0 Å². The first-order valence-electron chi connectivity index (χ1n) is 5.89. The third-order valence-electron chi connectivity index (χ3n) is 3.35. The second kappa shape index (κ2) is 4.44. The summed E-state index contributed by atoms with van der Waals surface area (Å²) in [7, 11) is 0. The monoisotopic (exact) mass is 220 g/mol. The van der Waals surface area contributed by atoms with Crippen LogP contribution in [0.25, 0.3) is 0 Å². The Bertz CT molecular complexity index is 347. The van der Waals surface area contributed by atoms with Crippen molar-refractivity contribution in [1.82, 2.24) is 4.90 Å². The number of rotatable bonds is 2. The van der Waals surface area contributed by atoms with Crippen LogP contribution in [0, 0.1) is 0 Å². The maximum atomic E-state index is 10.1. The van der Waals surface area contributed by atoms with Gasteiger partial charge in [0.05, 0.1) is 12.1 Å². The molecule has 1 saturated heterocycles. The van der Waals surface area contributed by atoms with Gasteiger partial charge in [-0.3, -0.25) is 4.90 Å². The fraction of sp³-hybridized carbons (Fsp3) is 0.538. The van der Waals surface area contributed by atoms with Gasteiger partial charge in [-0.2, -0.15) is 0 Å². The average Bonchev–Trinajstić information content (AvgIpc) is 2.62. The number of nitrogens with zero attached hydrogens (tertiary/aromatic N) is 1. The lowest BCUT2D eigenvalue weighted by atomic mass is 10.0. The first-order chi connectivity index (χ1) is 7.59. The largest absolute Gasteiger partial charge is 0.399 e. The minimum Gasteiger partial charge on any atom is -0.399 e. The molecule has 3 heteroatoms. The number of anilines is 1. The molecule has 0 radical (unpaired) electrons. The molecule has 0 amide bonds. The van der Waals surface area contributed by atoms with Crippen molar-refractivity contribution in [3.63, 3.8) is 0 Å². The summed E-state index contributed by atoms with van der Waals surface area (Å²) in [5.74, 6) is 0. The Labute approximate surface area is 96.9 Å². The highest BCUT2D eigenvalue weighted by Gasteiger charge is 2.35. The molecule has 1 aromatic rings. The van der Waals surface area contributed by atoms with Crippen molar-refractivity contribution in [3.8, 4) is 0 Å². The van der Waals surface area contributed by atoms with Crippen LogP contribution in [-0.4, -0.2) is 28.7 Å². The van der Waals surface area contributed by atoms with Gasteiger partial charge >= 0.3 is 0 Å². The fourth-order valence-electron chi connectivity index (χ4n) is 2.49. The molecule has 3 nitrogen and oxygen atoms in total. The lowest BCUT2D eigenvalue weighted by Gasteiger charge is -2.30. The molecule has 3 N–H and O–H groups in total. The summed E-state index contributed by atoms with van der Waals surface area (Å²) in [5, 5.41) is 10.1. The predicted octanol–water partition coefficient (Wildman–Crippen LogP) is 1.78. The van der Waals surface area contributed by atoms with Crippen LogP contribution in [0.3, 0.4) is 0 Å². The Morgan fingerprint density at radius 1 is 1.31 bits per heavy atom. The molecule has 0 saturated carbocycles. The van der Waals surface area contributed by atoms with Crippen molar-refractivity contribution in [2.45, 2.75) is 38.5 Å². The molecule has 1 fully saturated rings. The molecule has 16 heavy (non-hydrogen) atoms. The van der Waals surface area contributed by atoms with E-state index in [2.05, 4.69) is 18.7 Å². The molecule has 1 aliphatic rings. The Morgan fingerprint density at radius 3 is 2.50 bits per heavy atom. The van der Waals surface area contributed by atoms with E-state index in [0.717, 1.165) is 24.2 Å². The number of likely N-dealkylation sites (tertiary alicyclic amines) is 1. The topological polar surface area (TPSA) is 49.5 Å². The Balaban J connectivity index is 2.26. The smallest absolute Gasteiger partial charge is 0.0749 e. The van der Waals surface area contributed by atoms with Crippen molar-refractivity contribution >= 4 is 5.69 Å². The highest BCUT2D eigenvalue weighted by atomic mass is 16.3. The van der Waals surface area contributed by atoms with E-state index in [-0.39, 0.29) is 12.1 Å². The molecule has 0 aliphatic carbocycles. The van der Waals surface area contributed by atoms with E-state index >= 15 is 0 Å². The zero-order valence-corrected chi connectivity index (χ0v) is 9.93. The zero-order chi connectivity index (χ0) is 11.7. The molecular weight excluding hydrogens is 200 g/mol. The minimum atomic E-state index is -0.258. The van der Waals surface area contributed by atoms with Gasteiger partial charge in [0, 0.05) is 18.3 Å². The minimum absolute atomic E-state index is 0.126. The number of benzene rings is 1. The SMILES string of the molecule is CC(C)N1CCC(O)C1c1ccc(N)cc1. The second-order valence-corrected chi connectivity index (χ2v) is 4.80. The summed E-state index contributed by atoms with van der Waals surface area (Å²) in [4.78, 5) is 2.34. The highest BCUT2D eigenvalue weighted by molar-refractivity contribution is 5.40. The van der Waals surface area contributed by atoms with Gasteiger partial charge in [-0.05, 0) is 38.0 Å². The number of aliphatic hydroxyl groups excluding tert-OH is 1. The Hall–Kier alpha value is -1.06. The summed E-state index contributed by atoms with van der Waals surface area (Å²) in [6.45, 7) is 5.30. The summed E-state index contributed by atoms with van der Waals surface area (Å²) in [5.41, 5.74) is 7.61. The maximum absolute atomic E-state index is 10.1. The molecule has 1 aliphatic heterocycles. The van der Waals surface area contributed by atoms with Gasteiger partial charge in [0.2, 0.25) is 0 Å². The van der Waals surface area contributed by atoms with E-state index in [4.69, 9.17) is 5.73 Å². The van der Waals surface area contributed by atoms with Crippen LogP contribution < -0.4 is 5.73 Å². The van der Waals surface area contributed by atoms with E-state index in [1.54, 1.807) is 0 Å². The van der Waals surface area contributed by atoms with Crippen molar-refractivity contribution in [2.24, 2.45) is 0 Å². The number of hydrogen-bond acceptors (Lipinski definition) is 3. The van der Waals surface area contributed by atoms with Gasteiger partial charge in [0.15, 0.2) is 0 Å². The molecule has 2 unspecified atom stereocenters. The quantitative estimate of drug-likeness (QED) is 0.747. The molecule has 2 atom stereocenters. The van der Waals surface area contributed by atoms with Crippen LogP contribution in [0.2, 0.25) is 0 Å². The highest BCUT2D eigenvalue weighted by Crippen LogP contribution is 2.34. The van der Waals surface area contributed by atoms with Gasteiger partial charge in [-0.25, -0.2) is 0 Å². The normalized spacial score (nSPS) is 26.5. The van der Waals surface area contributed by atoms with Crippen molar-refractivity contribution in [1.29, 1.82) is 0 Å². The summed E-state index contributed by atoms with van der Waals surface area (Å²) >= 11 is 0. The number of hydrogen-bond donors (Lipinski definition) is 2. The maximum Gasteiger partial charge on any atom is 0.0749 e. The van der Waals surface area contributed by atoms with E-state index in [1.807, 2.05) is 24.3 Å². The fourth-order valence-corrected chi connectivity index (χ4v) is 2.49. The summed E-state index contributed by atoms with van der Waals surface area (Å²) < 4.78 is 0. The Kier molecular flexibility index (Phi) is 3.17. The number of nitrogen functional groups attached to an aromatic ring is 1. The third kappa shape index (κ3) is 2.06. The van der Waals surface area contributed by atoms with Gasteiger partial charge < -0.3 is 10.8 Å². The molecule has 0 aromatic heterocycles. The summed E-state index contributed by atoms with van der Waals surface area (Å²) in [6, 6.07) is 8.42. The third-order valence-corrected chi connectivity index (χ3v) is 3.35. The average molecular weight is 220 g/mol. The molecule has 0 bridgehead atoms. The van der Waals surface area contributed by atoms with Gasteiger partial charge in [-0.1, -0.05) is 12.1 Å². The predicted molar refractivity (Wildman–Crippen MR) is 66.1 cm³/mol. The first kappa shape index (κ1) is 11.4. The molecule has 0 spiro atoms. The summed E-state index contributed by atoms with van der Waals surface area (Å²) in [6.07, 6.45) is 0.596. The van der Waals surface area contributed by atoms with E-state index in [0.29, 0.717) is 6.04 Å². The lowest BCUT2D eigenvalue weighted by Crippen LogP contribution is -2.33. The van der Waals surface area contributed by atoms with Crippen LogP contribution in [0.4, 0.5) is 5.69 Å².